The molecule has 0 spiro atoms. The van der Waals surface area contributed by atoms with Gasteiger partial charge in [0.25, 0.3) is 0 Å². The van der Waals surface area contributed by atoms with E-state index in [1.807, 2.05) is 68.4 Å². The fraction of sp³-hybridized carbons (Fsp3) is 0.379. The minimum absolute atomic E-state index is 0.0476. The lowest BCUT2D eigenvalue weighted by Gasteiger charge is -2.27. The number of furan rings is 1. The highest BCUT2D eigenvalue weighted by atomic mass is 16.7. The number of hydrogen-bond donors (Lipinski definition) is 1. The van der Waals surface area contributed by atoms with E-state index in [0.29, 0.717) is 48.5 Å². The number of nitrogens with zero attached hydrogens (tertiary/aromatic N) is 2. The van der Waals surface area contributed by atoms with Crippen molar-refractivity contribution in [2.24, 2.45) is 0 Å². The van der Waals surface area contributed by atoms with E-state index in [2.05, 4.69) is 19.2 Å². The summed E-state index contributed by atoms with van der Waals surface area (Å²) in [5, 5.41) is 2.94. The average molecular weight is 506 g/mol. The van der Waals surface area contributed by atoms with Gasteiger partial charge in [0.15, 0.2) is 11.5 Å². The number of ether oxygens (including phenoxy) is 2. The van der Waals surface area contributed by atoms with Gasteiger partial charge in [-0.15, -0.1) is 0 Å². The molecule has 0 fully saturated rings. The molecular formula is C29H35N3O5. The summed E-state index contributed by atoms with van der Waals surface area (Å²) in [4.78, 5) is 29.9. The molecule has 1 aromatic heterocycles. The fourth-order valence-corrected chi connectivity index (χ4v) is 4.19. The van der Waals surface area contributed by atoms with Crippen LogP contribution in [0, 0.1) is 6.92 Å². The van der Waals surface area contributed by atoms with Crippen molar-refractivity contribution in [2.75, 3.05) is 25.2 Å². The van der Waals surface area contributed by atoms with Gasteiger partial charge in [-0.25, -0.2) is 4.79 Å². The molecule has 0 bridgehead atoms. The van der Waals surface area contributed by atoms with Gasteiger partial charge in [-0.2, -0.15) is 0 Å². The number of urea groups is 1. The molecule has 8 nitrogen and oxygen atoms in total. The van der Waals surface area contributed by atoms with Crippen LogP contribution in [0.15, 0.2) is 59.0 Å². The van der Waals surface area contributed by atoms with E-state index in [9.17, 15) is 9.59 Å². The number of benzene rings is 2. The summed E-state index contributed by atoms with van der Waals surface area (Å²) in [6.45, 7) is 9.34. The Morgan fingerprint density at radius 2 is 1.70 bits per heavy atom. The minimum Gasteiger partial charge on any atom is -0.464 e. The van der Waals surface area contributed by atoms with E-state index in [1.165, 1.54) is 5.56 Å². The van der Waals surface area contributed by atoms with Gasteiger partial charge >= 0.3 is 6.03 Å². The average Bonchev–Trinajstić information content (AvgIpc) is 3.51. The van der Waals surface area contributed by atoms with E-state index < -0.39 is 0 Å². The zero-order chi connectivity index (χ0) is 26.4. The predicted octanol–water partition coefficient (Wildman–Crippen LogP) is 5.91. The smallest absolute Gasteiger partial charge is 0.322 e. The third kappa shape index (κ3) is 6.84. The molecule has 0 atom stereocenters. The van der Waals surface area contributed by atoms with Crippen molar-refractivity contribution in [2.45, 2.75) is 53.1 Å². The van der Waals surface area contributed by atoms with Crippen molar-refractivity contribution in [3.8, 4) is 11.5 Å². The normalized spacial score (nSPS) is 12.0. The first kappa shape index (κ1) is 26.1. The molecule has 3 aromatic rings. The number of anilines is 1. The quantitative estimate of drug-likeness (QED) is 0.370. The third-order valence-corrected chi connectivity index (χ3v) is 6.24. The van der Waals surface area contributed by atoms with Gasteiger partial charge in [-0.05, 0) is 66.8 Å². The van der Waals surface area contributed by atoms with E-state index in [0.717, 1.165) is 17.7 Å². The zero-order valence-corrected chi connectivity index (χ0v) is 22.0. The molecule has 3 amide bonds. The Bertz CT molecular complexity index is 1220. The van der Waals surface area contributed by atoms with Gasteiger partial charge in [0.05, 0.1) is 6.54 Å². The van der Waals surface area contributed by atoms with Crippen molar-refractivity contribution in [1.82, 2.24) is 9.80 Å². The Morgan fingerprint density at radius 3 is 2.38 bits per heavy atom. The van der Waals surface area contributed by atoms with Crippen LogP contribution in [0.4, 0.5) is 10.5 Å². The molecule has 0 aliphatic carbocycles. The molecule has 0 radical (unpaired) electrons. The van der Waals surface area contributed by atoms with Gasteiger partial charge in [-0.1, -0.05) is 39.0 Å². The Balaban J connectivity index is 1.48. The van der Waals surface area contributed by atoms with Crippen LogP contribution < -0.4 is 14.8 Å². The van der Waals surface area contributed by atoms with E-state index >= 15 is 0 Å². The van der Waals surface area contributed by atoms with E-state index in [1.54, 1.807) is 9.80 Å². The number of carbonyl (C=O) groups is 2. The van der Waals surface area contributed by atoms with Crippen molar-refractivity contribution < 1.29 is 23.5 Å². The molecule has 4 rings (SSSR count). The first-order valence-electron chi connectivity index (χ1n) is 12.7. The van der Waals surface area contributed by atoms with Gasteiger partial charge < -0.3 is 29.0 Å². The fourth-order valence-electron chi connectivity index (χ4n) is 4.19. The lowest BCUT2D eigenvalue weighted by molar-refractivity contribution is -0.133. The predicted molar refractivity (Wildman–Crippen MR) is 142 cm³/mol. The van der Waals surface area contributed by atoms with Crippen LogP contribution in [0.5, 0.6) is 11.5 Å². The van der Waals surface area contributed by atoms with E-state index in [4.69, 9.17) is 13.9 Å². The Kier molecular flexibility index (Phi) is 8.38. The number of carbonyl (C=O) groups excluding carboxylic acids is 2. The lowest BCUT2D eigenvalue weighted by atomic mass is 10.0. The molecule has 1 aliphatic rings. The largest absolute Gasteiger partial charge is 0.464 e. The molecule has 0 saturated carbocycles. The van der Waals surface area contributed by atoms with Crippen molar-refractivity contribution in [3.05, 3.63) is 77.2 Å². The highest BCUT2D eigenvalue weighted by Crippen LogP contribution is 2.33. The second-order valence-corrected chi connectivity index (χ2v) is 9.58. The highest BCUT2D eigenvalue weighted by Gasteiger charge is 2.23. The van der Waals surface area contributed by atoms with Crippen LogP contribution in [0.2, 0.25) is 0 Å². The van der Waals surface area contributed by atoms with Crippen LogP contribution in [0.1, 0.15) is 55.8 Å². The topological polar surface area (TPSA) is 84.2 Å². The molecular weight excluding hydrogens is 470 g/mol. The summed E-state index contributed by atoms with van der Waals surface area (Å²) >= 11 is 0. The summed E-state index contributed by atoms with van der Waals surface area (Å²) in [5.74, 6) is 3.05. The number of aryl methyl sites for hydroxylation is 1. The van der Waals surface area contributed by atoms with Crippen LogP contribution in [-0.2, 0) is 17.9 Å². The molecule has 37 heavy (non-hydrogen) atoms. The maximum absolute atomic E-state index is 13.6. The maximum atomic E-state index is 13.6. The first-order chi connectivity index (χ1) is 17.8. The third-order valence-electron chi connectivity index (χ3n) is 6.24. The van der Waals surface area contributed by atoms with Crippen LogP contribution >= 0.6 is 0 Å². The summed E-state index contributed by atoms with van der Waals surface area (Å²) in [7, 11) is 0. The number of rotatable bonds is 10. The summed E-state index contributed by atoms with van der Waals surface area (Å²) in [5.41, 5.74) is 2.80. The Hall–Kier alpha value is -3.94. The second kappa shape index (κ2) is 11.9. The monoisotopic (exact) mass is 505 g/mol. The Morgan fingerprint density at radius 1 is 0.946 bits per heavy atom. The molecule has 1 N–H and O–H groups in total. The van der Waals surface area contributed by atoms with Crippen LogP contribution in [-0.4, -0.2) is 41.6 Å². The summed E-state index contributed by atoms with van der Waals surface area (Å²) in [6, 6.07) is 16.9. The second-order valence-electron chi connectivity index (χ2n) is 9.58. The van der Waals surface area contributed by atoms with Gasteiger partial charge in [0, 0.05) is 18.8 Å². The molecule has 1 aliphatic heterocycles. The molecule has 0 unspecified atom stereocenters. The SMILES string of the molecule is CCCN(CC(=O)N(Cc1ccc2c(c1)OCO2)Cc1ccc(C)o1)C(=O)Nc1ccc(C(C)C)cc1. The van der Waals surface area contributed by atoms with Crippen LogP contribution in [0.3, 0.4) is 0 Å². The maximum Gasteiger partial charge on any atom is 0.322 e. The van der Waals surface area contributed by atoms with Gasteiger partial charge in [0.1, 0.15) is 18.1 Å². The lowest BCUT2D eigenvalue weighted by Crippen LogP contribution is -2.44. The van der Waals surface area contributed by atoms with Crippen molar-refractivity contribution in [3.63, 3.8) is 0 Å². The molecule has 0 saturated heterocycles. The molecule has 2 aromatic carbocycles. The molecule has 8 heteroatoms. The minimum atomic E-state index is -0.302. The highest BCUT2D eigenvalue weighted by molar-refractivity contribution is 5.92. The zero-order valence-electron chi connectivity index (χ0n) is 22.0. The standard InChI is InChI=1S/C29H35N3O5/c1-5-14-31(29(34)30-24-10-8-23(9-11-24)20(2)3)18-28(33)32(17-25-12-6-21(4)37-25)16-22-7-13-26-27(15-22)36-19-35-26/h6-13,15,20H,5,14,16-19H2,1-4H3,(H,30,34). The Labute approximate surface area is 218 Å². The van der Waals surface area contributed by atoms with Crippen LogP contribution in [0.25, 0.3) is 0 Å². The van der Waals surface area contributed by atoms with Gasteiger partial charge in [-0.3, -0.25) is 4.79 Å². The first-order valence-corrected chi connectivity index (χ1v) is 12.7. The number of nitrogens with one attached hydrogen (secondary N) is 1. The number of amides is 3. The number of fused-ring (bicyclic) bond motifs is 1. The van der Waals surface area contributed by atoms with Crippen molar-refractivity contribution >= 4 is 17.6 Å². The molecule has 196 valence electrons. The number of hydrogen-bond acceptors (Lipinski definition) is 5. The van der Waals surface area contributed by atoms with E-state index in [-0.39, 0.29) is 25.3 Å². The summed E-state index contributed by atoms with van der Waals surface area (Å²) < 4.78 is 16.7. The summed E-state index contributed by atoms with van der Waals surface area (Å²) in [6.07, 6.45) is 0.729. The van der Waals surface area contributed by atoms with Gasteiger partial charge in [0.2, 0.25) is 12.7 Å². The molecule has 2 heterocycles. The van der Waals surface area contributed by atoms with Crippen molar-refractivity contribution in [1.29, 1.82) is 0 Å².